The van der Waals surface area contributed by atoms with Crippen molar-refractivity contribution >= 4 is 11.5 Å². The molecule has 0 fully saturated rings. The molecule has 5 aromatic rings. The molecule has 5 nitrogen and oxygen atoms in total. The third-order valence-electron chi connectivity index (χ3n) is 7.58. The first-order valence-corrected chi connectivity index (χ1v) is 15.1. The van der Waals surface area contributed by atoms with E-state index in [1.807, 2.05) is 19.9 Å². The summed E-state index contributed by atoms with van der Waals surface area (Å²) in [6, 6.07) is 39.5. The van der Waals surface area contributed by atoms with Gasteiger partial charge in [0.15, 0.2) is 6.61 Å². The van der Waals surface area contributed by atoms with E-state index in [1.54, 1.807) is 12.1 Å². The van der Waals surface area contributed by atoms with E-state index in [0.29, 0.717) is 23.9 Å². The van der Waals surface area contributed by atoms with Crippen LogP contribution in [-0.2, 0) is 9.53 Å². The molecule has 5 rings (SSSR count). The van der Waals surface area contributed by atoms with Crippen LogP contribution < -0.4 is 9.47 Å². The molecule has 0 radical (unpaired) electrons. The summed E-state index contributed by atoms with van der Waals surface area (Å²) in [7, 11) is 0. The first-order chi connectivity index (χ1) is 21.8. The summed E-state index contributed by atoms with van der Waals surface area (Å²) in [6.45, 7) is 8.30. The maximum atomic E-state index is 10.9. The quantitative estimate of drug-likeness (QED) is 0.145. The topological polar surface area (TPSA) is 65.0 Å². The highest BCUT2D eigenvalue weighted by atomic mass is 16.5. The molecule has 45 heavy (non-hydrogen) atoms. The van der Waals surface area contributed by atoms with Crippen LogP contribution in [0.1, 0.15) is 34.7 Å². The molecule has 0 unspecified atom stereocenters. The van der Waals surface area contributed by atoms with Gasteiger partial charge >= 0.3 is 5.97 Å². The molecular weight excluding hydrogens is 560 g/mol. The van der Waals surface area contributed by atoms with Gasteiger partial charge in [-0.25, -0.2) is 4.79 Å². The number of hydrogen-bond donors (Lipinski definition) is 1. The number of carboxylic acid groups (broad SMARTS) is 1. The molecule has 0 saturated heterocycles. The molecule has 5 aromatic carbocycles. The zero-order chi connectivity index (χ0) is 31.8. The number of aliphatic carboxylic acids is 1. The fourth-order valence-electron chi connectivity index (χ4n) is 5.16. The lowest BCUT2D eigenvalue weighted by Crippen LogP contribution is -2.11. The summed E-state index contributed by atoms with van der Waals surface area (Å²) in [6.07, 6.45) is 0. The summed E-state index contributed by atoms with van der Waals surface area (Å²) < 4.78 is 17.9. The van der Waals surface area contributed by atoms with Gasteiger partial charge in [-0.2, -0.15) is 0 Å². The van der Waals surface area contributed by atoms with E-state index in [-0.39, 0.29) is 6.61 Å². The van der Waals surface area contributed by atoms with Crippen LogP contribution in [0.2, 0.25) is 0 Å². The van der Waals surface area contributed by atoms with Crippen LogP contribution >= 0.6 is 0 Å². The molecule has 0 amide bonds. The molecule has 0 atom stereocenters. The van der Waals surface area contributed by atoms with Gasteiger partial charge in [0.1, 0.15) is 23.9 Å². The average Bonchev–Trinajstić information content (AvgIpc) is 3.05. The average molecular weight is 599 g/mol. The lowest BCUT2D eigenvalue weighted by Gasteiger charge is -2.19. The Labute approximate surface area is 265 Å². The first kappa shape index (κ1) is 31.1. The van der Waals surface area contributed by atoms with E-state index >= 15 is 0 Å². The fraction of sp³-hybridized carbons (Fsp3) is 0.175. The maximum absolute atomic E-state index is 10.9. The van der Waals surface area contributed by atoms with E-state index < -0.39 is 12.6 Å². The molecule has 5 heteroatoms. The fourth-order valence-corrected chi connectivity index (χ4v) is 5.16. The summed E-state index contributed by atoms with van der Waals surface area (Å²) in [5.41, 5.74) is 10.9. The van der Waals surface area contributed by atoms with Crippen LogP contribution in [-0.4, -0.2) is 30.9 Å². The number of benzene rings is 5. The Morgan fingerprint density at radius 3 is 1.49 bits per heavy atom. The number of ether oxygens (including phenoxy) is 3. The van der Waals surface area contributed by atoms with Crippen molar-refractivity contribution in [1.82, 2.24) is 0 Å². The Bertz CT molecular complexity index is 1670. The lowest BCUT2D eigenvalue weighted by atomic mass is 9.93. The summed E-state index contributed by atoms with van der Waals surface area (Å²) in [5, 5.41) is 8.95. The van der Waals surface area contributed by atoms with E-state index in [1.165, 1.54) is 22.3 Å². The predicted molar refractivity (Wildman–Crippen MR) is 181 cm³/mol. The van der Waals surface area contributed by atoms with Crippen LogP contribution in [0.15, 0.2) is 121 Å². The molecule has 228 valence electrons. The third kappa shape index (κ3) is 8.01. The van der Waals surface area contributed by atoms with Crippen LogP contribution in [0.5, 0.6) is 11.5 Å². The van der Waals surface area contributed by atoms with E-state index in [4.69, 9.17) is 19.3 Å². The summed E-state index contributed by atoms with van der Waals surface area (Å²) in [5.74, 6) is 0.838. The molecule has 0 aliphatic rings. The Hall–Kier alpha value is -5.29. The second kappa shape index (κ2) is 14.5. The van der Waals surface area contributed by atoms with Gasteiger partial charge in [0.2, 0.25) is 0 Å². The van der Waals surface area contributed by atoms with Crippen molar-refractivity contribution in [2.45, 2.75) is 27.7 Å². The largest absolute Gasteiger partial charge is 0.494 e. The van der Waals surface area contributed by atoms with E-state index in [9.17, 15) is 4.79 Å². The number of rotatable bonds is 12. The van der Waals surface area contributed by atoms with Crippen molar-refractivity contribution in [2.75, 3.05) is 19.8 Å². The van der Waals surface area contributed by atoms with Crippen molar-refractivity contribution in [3.63, 3.8) is 0 Å². The van der Waals surface area contributed by atoms with Crippen LogP contribution in [0.3, 0.4) is 0 Å². The minimum atomic E-state index is -1.02. The van der Waals surface area contributed by atoms with Gasteiger partial charge in [-0.1, -0.05) is 108 Å². The van der Waals surface area contributed by atoms with Gasteiger partial charge in [0, 0.05) is 5.57 Å². The van der Waals surface area contributed by atoms with Crippen molar-refractivity contribution < 1.29 is 24.1 Å². The van der Waals surface area contributed by atoms with Crippen LogP contribution in [0, 0.1) is 20.8 Å². The van der Waals surface area contributed by atoms with Crippen molar-refractivity contribution in [3.05, 3.63) is 149 Å². The molecule has 0 aliphatic carbocycles. The highest BCUT2D eigenvalue weighted by Crippen LogP contribution is 2.33. The minimum absolute atomic E-state index is 0.206. The number of carboxylic acids is 1. The molecule has 0 spiro atoms. The second-order valence-electron chi connectivity index (χ2n) is 11.0. The zero-order valence-electron chi connectivity index (χ0n) is 26.2. The molecule has 0 heterocycles. The van der Waals surface area contributed by atoms with Crippen molar-refractivity contribution in [2.24, 2.45) is 0 Å². The molecule has 0 saturated carbocycles. The SMILES string of the molecule is CCOC(COc1ccc(OCC(=O)O)c(C)c1)=C(c1ccc(-c2ccc(C)cc2)cc1)c1ccc(-c2ccc(C)cc2)cc1. The Morgan fingerprint density at radius 1 is 0.600 bits per heavy atom. The number of hydrogen-bond acceptors (Lipinski definition) is 4. The molecule has 0 aromatic heterocycles. The van der Waals surface area contributed by atoms with Crippen LogP contribution in [0.4, 0.5) is 0 Å². The summed E-state index contributed by atoms with van der Waals surface area (Å²) in [4.78, 5) is 10.9. The van der Waals surface area contributed by atoms with Crippen LogP contribution in [0.25, 0.3) is 27.8 Å². The Kier molecular flexibility index (Phi) is 10.0. The van der Waals surface area contributed by atoms with Gasteiger partial charge in [0.05, 0.1) is 6.61 Å². The zero-order valence-corrected chi connectivity index (χ0v) is 26.2. The minimum Gasteiger partial charge on any atom is -0.494 e. The molecule has 1 N–H and O–H groups in total. The smallest absolute Gasteiger partial charge is 0.341 e. The monoisotopic (exact) mass is 598 g/mol. The van der Waals surface area contributed by atoms with Crippen molar-refractivity contribution in [3.8, 4) is 33.8 Å². The Balaban J connectivity index is 1.50. The van der Waals surface area contributed by atoms with E-state index in [2.05, 4.69) is 111 Å². The highest BCUT2D eigenvalue weighted by Gasteiger charge is 2.16. The van der Waals surface area contributed by atoms with Gasteiger partial charge in [0.25, 0.3) is 0 Å². The standard InChI is InChI=1S/C40H38O5/c1-5-43-38(25-44-36-22-23-37(29(4)24-36)45-26-39(41)42)40(34-18-14-32(15-19-34)30-10-6-27(2)7-11-30)35-20-16-33(17-21-35)31-12-8-28(3)9-13-31/h6-24H,5,25-26H2,1-4H3,(H,41,42). The van der Waals surface area contributed by atoms with Gasteiger partial charge in [-0.05, 0) is 84.8 Å². The van der Waals surface area contributed by atoms with Crippen molar-refractivity contribution in [1.29, 1.82) is 0 Å². The first-order valence-electron chi connectivity index (χ1n) is 15.1. The molecule has 0 aliphatic heterocycles. The second-order valence-corrected chi connectivity index (χ2v) is 11.0. The maximum Gasteiger partial charge on any atom is 0.341 e. The number of carbonyl (C=O) groups is 1. The normalized spacial score (nSPS) is 10.7. The predicted octanol–water partition coefficient (Wildman–Crippen LogP) is 9.28. The van der Waals surface area contributed by atoms with Gasteiger partial charge < -0.3 is 19.3 Å². The third-order valence-corrected chi connectivity index (χ3v) is 7.58. The Morgan fingerprint density at radius 2 is 1.07 bits per heavy atom. The summed E-state index contributed by atoms with van der Waals surface area (Å²) >= 11 is 0. The molecular formula is C40H38O5. The van der Waals surface area contributed by atoms with Gasteiger partial charge in [-0.3, -0.25) is 0 Å². The van der Waals surface area contributed by atoms with Gasteiger partial charge in [-0.15, -0.1) is 0 Å². The number of aryl methyl sites for hydroxylation is 3. The lowest BCUT2D eigenvalue weighted by molar-refractivity contribution is -0.139. The molecule has 0 bridgehead atoms. The van der Waals surface area contributed by atoms with E-state index in [0.717, 1.165) is 33.4 Å². The highest BCUT2D eigenvalue weighted by molar-refractivity contribution is 5.83.